The van der Waals surface area contributed by atoms with Gasteiger partial charge in [0.05, 0.1) is 5.56 Å². The first-order valence-corrected chi connectivity index (χ1v) is 6.73. The number of para-hydroxylation sites is 1. The summed E-state index contributed by atoms with van der Waals surface area (Å²) in [4.78, 5) is 12.2. The summed E-state index contributed by atoms with van der Waals surface area (Å²) in [6, 6.07) is 7.55. The molecular formula is C15H20N2O2. The third kappa shape index (κ3) is 3.15. The van der Waals surface area contributed by atoms with Gasteiger partial charge in [-0.05, 0) is 12.5 Å². The highest BCUT2D eigenvalue weighted by atomic mass is 16.3. The van der Waals surface area contributed by atoms with Crippen molar-refractivity contribution in [3.63, 3.8) is 0 Å². The standard InChI is InChI=1S/C15H20N2O2/c1-2-3-6-11(9-16)17-15(18)13-10-19-14-8-5-4-7-12(13)14/h4-5,7-8,10-11H,2-3,6,9,16H2,1H3,(H,17,18). The summed E-state index contributed by atoms with van der Waals surface area (Å²) in [5, 5.41) is 3.81. The van der Waals surface area contributed by atoms with Crippen LogP contribution in [0.3, 0.4) is 0 Å². The van der Waals surface area contributed by atoms with Gasteiger partial charge in [-0.3, -0.25) is 4.79 Å². The van der Waals surface area contributed by atoms with Crippen molar-refractivity contribution < 1.29 is 9.21 Å². The molecule has 2 rings (SSSR count). The lowest BCUT2D eigenvalue weighted by Gasteiger charge is -2.15. The predicted molar refractivity (Wildman–Crippen MR) is 76.0 cm³/mol. The van der Waals surface area contributed by atoms with Crippen LogP contribution in [0.25, 0.3) is 11.0 Å². The molecular weight excluding hydrogens is 240 g/mol. The minimum atomic E-state index is -0.114. The molecule has 102 valence electrons. The number of amides is 1. The summed E-state index contributed by atoms with van der Waals surface area (Å²) in [6.07, 6.45) is 4.58. The second-order valence-corrected chi connectivity index (χ2v) is 4.69. The Balaban J connectivity index is 2.10. The Bertz CT molecular complexity index is 548. The van der Waals surface area contributed by atoms with Crippen molar-refractivity contribution in [1.82, 2.24) is 5.32 Å². The topological polar surface area (TPSA) is 68.3 Å². The Morgan fingerprint density at radius 3 is 2.95 bits per heavy atom. The maximum atomic E-state index is 12.2. The van der Waals surface area contributed by atoms with Gasteiger partial charge in [-0.2, -0.15) is 0 Å². The number of carbonyl (C=O) groups excluding carboxylic acids is 1. The molecule has 1 atom stereocenters. The molecule has 0 radical (unpaired) electrons. The molecule has 19 heavy (non-hydrogen) atoms. The van der Waals surface area contributed by atoms with E-state index in [1.165, 1.54) is 6.26 Å². The van der Waals surface area contributed by atoms with E-state index in [4.69, 9.17) is 10.2 Å². The lowest BCUT2D eigenvalue weighted by Crippen LogP contribution is -2.40. The van der Waals surface area contributed by atoms with Crippen LogP contribution in [0.5, 0.6) is 0 Å². The molecule has 0 aliphatic heterocycles. The van der Waals surface area contributed by atoms with Crippen LogP contribution in [0.4, 0.5) is 0 Å². The van der Waals surface area contributed by atoms with Crippen LogP contribution in [-0.2, 0) is 0 Å². The first-order chi connectivity index (χ1) is 9.26. The molecule has 0 spiro atoms. The number of unbranched alkanes of at least 4 members (excludes halogenated alkanes) is 1. The van der Waals surface area contributed by atoms with Gasteiger partial charge in [-0.15, -0.1) is 0 Å². The number of carbonyl (C=O) groups is 1. The van der Waals surface area contributed by atoms with Crippen molar-refractivity contribution in [2.24, 2.45) is 5.73 Å². The van der Waals surface area contributed by atoms with Crippen LogP contribution in [-0.4, -0.2) is 18.5 Å². The summed E-state index contributed by atoms with van der Waals surface area (Å²) in [5.74, 6) is -0.114. The Kier molecular flexibility index (Phi) is 4.58. The molecule has 0 fully saturated rings. The van der Waals surface area contributed by atoms with Gasteiger partial charge >= 0.3 is 0 Å². The van der Waals surface area contributed by atoms with Crippen LogP contribution in [0.1, 0.15) is 36.5 Å². The number of nitrogens with one attached hydrogen (secondary N) is 1. The summed E-state index contributed by atoms with van der Waals surface area (Å²) >= 11 is 0. The number of benzene rings is 1. The fraction of sp³-hybridized carbons (Fsp3) is 0.400. The van der Waals surface area contributed by atoms with E-state index < -0.39 is 0 Å². The summed E-state index contributed by atoms with van der Waals surface area (Å²) in [6.45, 7) is 2.58. The number of rotatable bonds is 6. The fourth-order valence-electron chi connectivity index (χ4n) is 2.12. The quantitative estimate of drug-likeness (QED) is 0.839. The minimum Gasteiger partial charge on any atom is -0.463 e. The van der Waals surface area contributed by atoms with E-state index in [-0.39, 0.29) is 11.9 Å². The average Bonchev–Trinajstić information content (AvgIpc) is 2.87. The van der Waals surface area contributed by atoms with Gasteiger partial charge in [-0.25, -0.2) is 0 Å². The zero-order valence-corrected chi connectivity index (χ0v) is 11.2. The number of furan rings is 1. The Labute approximate surface area is 113 Å². The molecule has 0 saturated carbocycles. The van der Waals surface area contributed by atoms with E-state index in [0.717, 1.165) is 30.2 Å². The third-order valence-corrected chi connectivity index (χ3v) is 3.25. The molecule has 4 nitrogen and oxygen atoms in total. The van der Waals surface area contributed by atoms with Gasteiger partial charge < -0.3 is 15.5 Å². The molecule has 4 heteroatoms. The van der Waals surface area contributed by atoms with Gasteiger partial charge in [0, 0.05) is 18.0 Å². The number of hydrogen-bond acceptors (Lipinski definition) is 3. The molecule has 1 unspecified atom stereocenters. The Morgan fingerprint density at radius 2 is 2.21 bits per heavy atom. The smallest absolute Gasteiger partial charge is 0.255 e. The highest BCUT2D eigenvalue weighted by molar-refractivity contribution is 6.05. The molecule has 0 aliphatic carbocycles. The molecule has 1 aromatic heterocycles. The van der Waals surface area contributed by atoms with Crippen LogP contribution in [0, 0.1) is 0 Å². The van der Waals surface area contributed by atoms with E-state index >= 15 is 0 Å². The fourth-order valence-corrected chi connectivity index (χ4v) is 2.12. The minimum absolute atomic E-state index is 0.0288. The molecule has 1 amide bonds. The third-order valence-electron chi connectivity index (χ3n) is 3.25. The van der Waals surface area contributed by atoms with Crippen molar-refractivity contribution in [2.75, 3.05) is 6.54 Å². The highest BCUT2D eigenvalue weighted by Crippen LogP contribution is 2.20. The molecule has 0 aliphatic rings. The molecule has 0 saturated heterocycles. The first-order valence-electron chi connectivity index (χ1n) is 6.73. The second-order valence-electron chi connectivity index (χ2n) is 4.69. The molecule has 2 aromatic rings. The highest BCUT2D eigenvalue weighted by Gasteiger charge is 2.16. The maximum Gasteiger partial charge on any atom is 0.255 e. The van der Waals surface area contributed by atoms with E-state index in [1.54, 1.807) is 0 Å². The zero-order valence-electron chi connectivity index (χ0n) is 11.2. The van der Waals surface area contributed by atoms with Gasteiger partial charge in [0.2, 0.25) is 0 Å². The van der Waals surface area contributed by atoms with Gasteiger partial charge in [0.15, 0.2) is 0 Å². The summed E-state index contributed by atoms with van der Waals surface area (Å²) in [7, 11) is 0. The molecule has 1 aromatic carbocycles. The lowest BCUT2D eigenvalue weighted by atomic mass is 10.1. The molecule has 1 heterocycles. The Hall–Kier alpha value is -1.81. The first kappa shape index (κ1) is 13.6. The van der Waals surface area contributed by atoms with Crippen LogP contribution >= 0.6 is 0 Å². The number of hydrogen-bond donors (Lipinski definition) is 2. The van der Waals surface area contributed by atoms with Gasteiger partial charge in [-0.1, -0.05) is 38.0 Å². The largest absolute Gasteiger partial charge is 0.463 e. The van der Waals surface area contributed by atoms with Crippen molar-refractivity contribution in [2.45, 2.75) is 32.2 Å². The van der Waals surface area contributed by atoms with Gasteiger partial charge in [0.1, 0.15) is 11.8 Å². The molecule has 0 bridgehead atoms. The van der Waals surface area contributed by atoms with E-state index in [9.17, 15) is 4.79 Å². The van der Waals surface area contributed by atoms with Crippen molar-refractivity contribution >= 4 is 16.9 Å². The van der Waals surface area contributed by atoms with E-state index in [0.29, 0.717) is 12.1 Å². The lowest BCUT2D eigenvalue weighted by molar-refractivity contribution is 0.0936. The average molecular weight is 260 g/mol. The Morgan fingerprint density at radius 1 is 1.42 bits per heavy atom. The summed E-state index contributed by atoms with van der Waals surface area (Å²) in [5.41, 5.74) is 6.99. The second kappa shape index (κ2) is 6.38. The van der Waals surface area contributed by atoms with Gasteiger partial charge in [0.25, 0.3) is 5.91 Å². The zero-order chi connectivity index (χ0) is 13.7. The van der Waals surface area contributed by atoms with E-state index in [2.05, 4.69) is 12.2 Å². The normalized spacial score (nSPS) is 12.5. The SMILES string of the molecule is CCCCC(CN)NC(=O)c1coc2ccccc12. The number of nitrogens with two attached hydrogens (primary N) is 1. The molecule has 3 N–H and O–H groups in total. The summed E-state index contributed by atoms with van der Waals surface area (Å²) < 4.78 is 5.37. The predicted octanol–water partition coefficient (Wildman–Crippen LogP) is 2.68. The van der Waals surface area contributed by atoms with Crippen LogP contribution in [0.2, 0.25) is 0 Å². The van der Waals surface area contributed by atoms with Crippen molar-refractivity contribution in [3.8, 4) is 0 Å². The number of fused-ring (bicyclic) bond motifs is 1. The van der Waals surface area contributed by atoms with Crippen LogP contribution < -0.4 is 11.1 Å². The monoisotopic (exact) mass is 260 g/mol. The van der Waals surface area contributed by atoms with Crippen molar-refractivity contribution in [3.05, 3.63) is 36.1 Å². The maximum absolute atomic E-state index is 12.2. The van der Waals surface area contributed by atoms with E-state index in [1.807, 2.05) is 24.3 Å². The van der Waals surface area contributed by atoms with Crippen molar-refractivity contribution in [1.29, 1.82) is 0 Å². The van der Waals surface area contributed by atoms with Crippen LogP contribution in [0.15, 0.2) is 34.9 Å².